The minimum absolute atomic E-state index is 0.0828. The van der Waals surface area contributed by atoms with E-state index in [0.717, 1.165) is 41.2 Å². The van der Waals surface area contributed by atoms with Gasteiger partial charge in [0.15, 0.2) is 0 Å². The number of ether oxygens (including phenoxy) is 2. The fourth-order valence-electron chi connectivity index (χ4n) is 6.24. The van der Waals surface area contributed by atoms with Gasteiger partial charge in [0.2, 0.25) is 0 Å². The van der Waals surface area contributed by atoms with Crippen LogP contribution in [0.25, 0.3) is 22.4 Å². The molecule has 0 spiro atoms. The van der Waals surface area contributed by atoms with Crippen molar-refractivity contribution in [2.24, 2.45) is 0 Å². The molecule has 0 unspecified atom stereocenters. The lowest BCUT2D eigenvalue weighted by Gasteiger charge is -2.29. The largest absolute Gasteiger partial charge is 0.489 e. The number of carbonyl (C=O) groups excluding carboxylic acids is 2. The number of imidazole rings is 1. The van der Waals surface area contributed by atoms with Crippen LogP contribution in [0.4, 0.5) is 4.39 Å². The Labute approximate surface area is 263 Å². The van der Waals surface area contributed by atoms with Crippen molar-refractivity contribution in [2.75, 3.05) is 20.2 Å². The second-order valence-corrected chi connectivity index (χ2v) is 12.4. The molecule has 0 radical (unpaired) electrons. The normalized spacial score (nSPS) is 16.3. The van der Waals surface area contributed by atoms with Crippen molar-refractivity contribution in [3.63, 3.8) is 0 Å². The third kappa shape index (κ3) is 6.23. The minimum Gasteiger partial charge on any atom is -0.489 e. The molecule has 4 aromatic rings. The number of halogens is 2. The smallest absolute Gasteiger partial charge is 0.337 e. The predicted octanol–water partition coefficient (Wildman–Crippen LogP) is 7.07. The third-order valence-corrected chi connectivity index (χ3v) is 9.44. The van der Waals surface area contributed by atoms with Crippen LogP contribution in [0, 0.1) is 5.82 Å². The van der Waals surface area contributed by atoms with E-state index in [-0.39, 0.29) is 24.7 Å². The molecular weight excluding hydrogens is 629 g/mol. The number of benzene rings is 3. The van der Waals surface area contributed by atoms with E-state index in [1.165, 1.54) is 19.6 Å². The van der Waals surface area contributed by atoms with E-state index < -0.39 is 11.8 Å². The highest BCUT2D eigenvalue weighted by atomic mass is 79.9. The van der Waals surface area contributed by atoms with E-state index >= 15 is 4.39 Å². The highest BCUT2D eigenvalue weighted by molar-refractivity contribution is 9.10. The van der Waals surface area contributed by atoms with Gasteiger partial charge in [-0.05, 0) is 74.2 Å². The molecule has 2 fully saturated rings. The molecule has 8 nitrogen and oxygen atoms in total. The zero-order chi connectivity index (χ0) is 30.8. The lowest BCUT2D eigenvalue weighted by Crippen LogP contribution is -2.40. The summed E-state index contributed by atoms with van der Waals surface area (Å²) in [5.41, 5.74) is 3.54. The summed E-state index contributed by atoms with van der Waals surface area (Å²) >= 11 is 3.54. The molecule has 1 aliphatic heterocycles. The highest BCUT2D eigenvalue weighted by Crippen LogP contribution is 2.37. The second kappa shape index (κ2) is 13.1. The Bertz CT molecular complexity index is 1690. The standard InChI is InChI=1S/C34H35BrFN3O5/c1-43-34(42)22-8-12-31-30(18-22)37-32(39(31)24-5-3-2-4-6-24)27-10-9-26(19-29(27)36)44-20-23-17-21(7-11-28(23)35)33(41)38-15-13-25(40)14-16-38/h7-12,17-19,24-25,40H,2-6,13-16,20H2,1H3. The minimum atomic E-state index is -0.460. The number of amides is 1. The summed E-state index contributed by atoms with van der Waals surface area (Å²) in [5.74, 6) is -0.106. The van der Waals surface area contributed by atoms with Crippen LogP contribution in [0.15, 0.2) is 59.1 Å². The van der Waals surface area contributed by atoms with Crippen molar-refractivity contribution in [3.8, 4) is 17.1 Å². The van der Waals surface area contributed by atoms with E-state index in [2.05, 4.69) is 20.5 Å². The van der Waals surface area contributed by atoms with Crippen molar-refractivity contribution in [1.82, 2.24) is 14.5 Å². The van der Waals surface area contributed by atoms with Crippen LogP contribution in [-0.2, 0) is 11.3 Å². The van der Waals surface area contributed by atoms with Crippen LogP contribution in [-0.4, -0.2) is 57.7 Å². The van der Waals surface area contributed by atoms with E-state index in [9.17, 15) is 14.7 Å². The van der Waals surface area contributed by atoms with Crippen molar-refractivity contribution in [1.29, 1.82) is 0 Å². The Hall–Kier alpha value is -3.76. The fourth-order valence-corrected chi connectivity index (χ4v) is 6.60. The molecule has 0 atom stereocenters. The number of methoxy groups -OCH3 is 1. The average Bonchev–Trinajstić information content (AvgIpc) is 3.43. The van der Waals surface area contributed by atoms with Crippen LogP contribution in [0.3, 0.4) is 0 Å². The average molecular weight is 665 g/mol. The van der Waals surface area contributed by atoms with E-state index in [0.29, 0.717) is 59.7 Å². The summed E-state index contributed by atoms with van der Waals surface area (Å²) in [6, 6.07) is 15.6. The van der Waals surface area contributed by atoms with Crippen LogP contribution in [0.5, 0.6) is 5.75 Å². The highest BCUT2D eigenvalue weighted by Gasteiger charge is 2.25. The maximum atomic E-state index is 15.8. The van der Waals surface area contributed by atoms with Gasteiger partial charge in [0.25, 0.3) is 5.91 Å². The first-order chi connectivity index (χ1) is 21.3. The fraction of sp³-hybridized carbons (Fsp3) is 0.382. The van der Waals surface area contributed by atoms with E-state index in [1.54, 1.807) is 41.3 Å². The monoisotopic (exact) mass is 663 g/mol. The summed E-state index contributed by atoms with van der Waals surface area (Å²) in [7, 11) is 1.34. The number of nitrogens with zero attached hydrogens (tertiary/aromatic N) is 3. The molecule has 3 aromatic carbocycles. The summed E-state index contributed by atoms with van der Waals surface area (Å²) in [4.78, 5) is 31.8. The first-order valence-electron chi connectivity index (χ1n) is 15.1. The molecule has 10 heteroatoms. The molecule has 2 heterocycles. The Balaban J connectivity index is 1.25. The van der Waals surface area contributed by atoms with Crippen LogP contribution < -0.4 is 4.74 Å². The number of hydrogen-bond acceptors (Lipinski definition) is 6. The lowest BCUT2D eigenvalue weighted by molar-refractivity contribution is 0.0545. The number of aliphatic hydroxyl groups is 1. The number of likely N-dealkylation sites (tertiary alicyclic amines) is 1. The second-order valence-electron chi connectivity index (χ2n) is 11.6. The van der Waals surface area contributed by atoms with Crippen molar-refractivity contribution in [2.45, 2.75) is 63.7 Å². The Kier molecular flexibility index (Phi) is 9.00. The van der Waals surface area contributed by atoms with Gasteiger partial charge in [-0.15, -0.1) is 0 Å². The maximum absolute atomic E-state index is 15.8. The SMILES string of the molecule is COC(=O)c1ccc2c(c1)nc(-c1ccc(OCc3cc(C(=O)N4CCC(O)CC4)ccc3Br)cc1F)n2C1CCCCC1. The number of aliphatic hydroxyl groups excluding tert-OH is 1. The van der Waals surface area contributed by atoms with Gasteiger partial charge in [-0.2, -0.15) is 0 Å². The number of aromatic nitrogens is 2. The number of carbonyl (C=O) groups is 2. The third-order valence-electron chi connectivity index (χ3n) is 8.67. The number of piperidine rings is 1. The lowest BCUT2D eigenvalue weighted by atomic mass is 9.94. The van der Waals surface area contributed by atoms with Crippen molar-refractivity contribution in [3.05, 3.63) is 81.6 Å². The van der Waals surface area contributed by atoms with E-state index in [1.807, 2.05) is 12.1 Å². The van der Waals surface area contributed by atoms with Gasteiger partial charge in [0.1, 0.15) is 24.0 Å². The Morgan fingerprint density at radius 1 is 0.977 bits per heavy atom. The molecule has 1 aliphatic carbocycles. The summed E-state index contributed by atoms with van der Waals surface area (Å²) in [6.45, 7) is 1.18. The van der Waals surface area contributed by atoms with Crippen molar-refractivity contribution < 1.29 is 28.6 Å². The zero-order valence-corrected chi connectivity index (χ0v) is 26.2. The van der Waals surface area contributed by atoms with Gasteiger partial charge < -0.3 is 24.0 Å². The molecule has 1 saturated carbocycles. The molecule has 1 amide bonds. The molecule has 230 valence electrons. The molecular formula is C34H35BrFN3O5. The molecule has 2 aliphatic rings. The maximum Gasteiger partial charge on any atom is 0.337 e. The Morgan fingerprint density at radius 2 is 1.73 bits per heavy atom. The summed E-state index contributed by atoms with van der Waals surface area (Å²) in [6.07, 6.45) is 6.14. The van der Waals surface area contributed by atoms with Crippen LogP contribution in [0.2, 0.25) is 0 Å². The topological polar surface area (TPSA) is 93.9 Å². The summed E-state index contributed by atoms with van der Waals surface area (Å²) < 4.78 is 29.6. The number of fused-ring (bicyclic) bond motifs is 1. The molecule has 6 rings (SSSR count). The molecule has 1 N–H and O–H groups in total. The number of rotatable bonds is 7. The number of esters is 1. The van der Waals surface area contributed by atoms with Crippen LogP contribution >= 0.6 is 15.9 Å². The quantitative estimate of drug-likeness (QED) is 0.213. The van der Waals surface area contributed by atoms with Gasteiger partial charge in [-0.25, -0.2) is 14.2 Å². The van der Waals surface area contributed by atoms with Gasteiger partial charge >= 0.3 is 5.97 Å². The van der Waals surface area contributed by atoms with Gasteiger partial charge in [0.05, 0.1) is 35.4 Å². The zero-order valence-electron chi connectivity index (χ0n) is 24.6. The van der Waals surface area contributed by atoms with Crippen molar-refractivity contribution >= 4 is 38.8 Å². The first kappa shape index (κ1) is 30.3. The Morgan fingerprint density at radius 3 is 2.45 bits per heavy atom. The predicted molar refractivity (Wildman–Crippen MR) is 168 cm³/mol. The van der Waals surface area contributed by atoms with Crippen LogP contribution in [0.1, 0.15) is 77.3 Å². The summed E-state index contributed by atoms with van der Waals surface area (Å²) in [5, 5.41) is 9.78. The van der Waals surface area contributed by atoms with Gasteiger partial charge in [0, 0.05) is 40.8 Å². The molecule has 1 saturated heterocycles. The molecule has 0 bridgehead atoms. The van der Waals surface area contributed by atoms with E-state index in [4.69, 9.17) is 14.5 Å². The van der Waals surface area contributed by atoms with Gasteiger partial charge in [-0.3, -0.25) is 4.79 Å². The number of hydrogen-bond donors (Lipinski definition) is 1. The first-order valence-corrected chi connectivity index (χ1v) is 15.9. The molecule has 44 heavy (non-hydrogen) atoms. The molecule has 1 aromatic heterocycles. The van der Waals surface area contributed by atoms with Gasteiger partial charge in [-0.1, -0.05) is 35.2 Å².